The lowest BCUT2D eigenvalue weighted by molar-refractivity contribution is -0.139. The number of hydrogen-bond acceptors (Lipinski definition) is 7. The van der Waals surface area contributed by atoms with Crippen molar-refractivity contribution in [2.24, 2.45) is 5.73 Å². The van der Waals surface area contributed by atoms with Crippen LogP contribution in [-0.2, 0) is 9.59 Å². The molecule has 0 amide bonds. The Bertz CT molecular complexity index is 1080. The number of nitrogens with two attached hydrogens (primary N) is 1. The van der Waals surface area contributed by atoms with Gasteiger partial charge >= 0.3 is 11.9 Å². The van der Waals surface area contributed by atoms with Gasteiger partial charge in [0.25, 0.3) is 0 Å². The molecule has 1 aliphatic heterocycles. The molecule has 35 heavy (non-hydrogen) atoms. The van der Waals surface area contributed by atoms with E-state index in [0.29, 0.717) is 37.2 Å². The highest BCUT2D eigenvalue weighted by atomic mass is 19.1. The van der Waals surface area contributed by atoms with Gasteiger partial charge in [0, 0.05) is 29.4 Å². The molecule has 6 N–H and O–H groups in total. The Morgan fingerprint density at radius 2 is 2.00 bits per heavy atom. The number of piperidine rings is 1. The van der Waals surface area contributed by atoms with Crippen molar-refractivity contribution < 1.29 is 33.7 Å². The summed E-state index contributed by atoms with van der Waals surface area (Å²) in [5.74, 6) is -3.16. The first kappa shape index (κ1) is 25.8. The minimum atomic E-state index is -1.46. The predicted octanol–water partition coefficient (Wildman–Crippen LogP) is 2.67. The molecule has 10 nitrogen and oxygen atoms in total. The fraction of sp³-hybridized carbons (Fsp3) is 0.375. The highest BCUT2D eigenvalue weighted by Crippen LogP contribution is 2.34. The van der Waals surface area contributed by atoms with E-state index in [1.165, 1.54) is 12.1 Å². The molecule has 11 heteroatoms. The molecule has 2 atom stereocenters. The van der Waals surface area contributed by atoms with E-state index in [2.05, 4.69) is 5.32 Å². The van der Waals surface area contributed by atoms with Gasteiger partial charge in [-0.15, -0.1) is 0 Å². The van der Waals surface area contributed by atoms with E-state index < -0.39 is 29.9 Å². The summed E-state index contributed by atoms with van der Waals surface area (Å²) >= 11 is 0. The number of carboxylic acids is 2. The average molecular weight is 489 g/mol. The van der Waals surface area contributed by atoms with Gasteiger partial charge in [0.2, 0.25) is 0 Å². The maximum absolute atomic E-state index is 15.6. The van der Waals surface area contributed by atoms with E-state index in [4.69, 9.17) is 25.7 Å². The fourth-order valence-corrected chi connectivity index (χ4v) is 3.95. The minimum absolute atomic E-state index is 0.131. The third-order valence-corrected chi connectivity index (χ3v) is 5.53. The van der Waals surface area contributed by atoms with Gasteiger partial charge in [-0.3, -0.25) is 15.1 Å². The lowest BCUT2D eigenvalue weighted by Crippen LogP contribution is -2.43. The Labute approximate surface area is 202 Å². The number of nitrogen functional groups attached to an aromatic ring is 1. The van der Waals surface area contributed by atoms with Crippen LogP contribution in [-0.4, -0.2) is 65.2 Å². The molecule has 1 aliphatic rings. The van der Waals surface area contributed by atoms with Crippen LogP contribution in [0.2, 0.25) is 0 Å². The number of hydrogen-bond donors (Lipinski definition) is 5. The second kappa shape index (κ2) is 11.5. The maximum atomic E-state index is 15.6. The molecule has 0 spiro atoms. The predicted molar refractivity (Wildman–Crippen MR) is 127 cm³/mol. The van der Waals surface area contributed by atoms with Crippen molar-refractivity contribution >= 4 is 23.5 Å². The van der Waals surface area contributed by atoms with Crippen LogP contribution in [0.4, 0.5) is 10.1 Å². The number of halogens is 1. The molecule has 0 radical (unpaired) electrons. The molecule has 1 unspecified atom stereocenters. The molecule has 1 fully saturated rings. The first-order valence-electron chi connectivity index (χ1n) is 11.2. The summed E-state index contributed by atoms with van der Waals surface area (Å²) in [7, 11) is 0. The number of carboxylic acid groups (broad SMARTS) is 2. The summed E-state index contributed by atoms with van der Waals surface area (Å²) in [6.45, 7) is 2.80. The molecular formula is C24H29FN4O6. The third kappa shape index (κ3) is 6.82. The summed E-state index contributed by atoms with van der Waals surface area (Å²) in [5, 5.41) is 29.2. The van der Waals surface area contributed by atoms with E-state index in [1.807, 2.05) is 0 Å². The van der Waals surface area contributed by atoms with Gasteiger partial charge in [-0.1, -0.05) is 0 Å². The normalized spacial score (nSPS) is 16.8. The van der Waals surface area contributed by atoms with Crippen molar-refractivity contribution in [2.75, 3.05) is 31.6 Å². The largest absolute Gasteiger partial charge is 0.494 e. The smallest absolute Gasteiger partial charge is 0.330 e. The van der Waals surface area contributed by atoms with Crippen molar-refractivity contribution in [1.82, 2.24) is 4.90 Å². The molecule has 2 aromatic carbocycles. The van der Waals surface area contributed by atoms with E-state index in [-0.39, 0.29) is 36.0 Å². The Morgan fingerprint density at radius 1 is 1.29 bits per heavy atom. The lowest BCUT2D eigenvalue weighted by atomic mass is 10.0. The van der Waals surface area contributed by atoms with E-state index in [0.717, 1.165) is 0 Å². The summed E-state index contributed by atoms with van der Waals surface area (Å²) in [6.07, 6.45) is 0.831. The first-order chi connectivity index (χ1) is 16.7. The molecule has 0 aliphatic carbocycles. The summed E-state index contributed by atoms with van der Waals surface area (Å²) in [4.78, 5) is 24.9. The van der Waals surface area contributed by atoms with Crippen molar-refractivity contribution in [2.45, 2.75) is 31.9 Å². The van der Waals surface area contributed by atoms with Crippen molar-refractivity contribution in [3.05, 3.63) is 53.3 Å². The number of benzene rings is 2. The first-order valence-corrected chi connectivity index (χ1v) is 11.2. The Balaban J connectivity index is 1.90. The molecule has 188 valence electrons. The molecule has 1 saturated heterocycles. The van der Waals surface area contributed by atoms with Gasteiger partial charge in [-0.05, 0) is 56.6 Å². The fourth-order valence-electron chi connectivity index (χ4n) is 3.95. The van der Waals surface area contributed by atoms with Crippen molar-refractivity contribution in [3.8, 4) is 11.5 Å². The van der Waals surface area contributed by atoms with Crippen LogP contribution < -0.4 is 20.5 Å². The number of nitrogens with zero attached hydrogens (tertiary/aromatic N) is 1. The molecule has 1 heterocycles. The van der Waals surface area contributed by atoms with Gasteiger partial charge in [0.05, 0.1) is 13.2 Å². The number of rotatable bonds is 11. The number of aliphatic carboxylic acids is 2. The Morgan fingerprint density at radius 3 is 2.60 bits per heavy atom. The monoisotopic (exact) mass is 488 g/mol. The third-order valence-electron chi connectivity index (χ3n) is 5.53. The molecule has 0 aromatic heterocycles. The van der Waals surface area contributed by atoms with E-state index in [9.17, 15) is 14.7 Å². The van der Waals surface area contributed by atoms with Crippen LogP contribution in [0.25, 0.3) is 0 Å². The van der Waals surface area contributed by atoms with Crippen LogP contribution in [0.15, 0.2) is 36.4 Å². The van der Waals surface area contributed by atoms with Gasteiger partial charge in [-0.25, -0.2) is 9.18 Å². The van der Waals surface area contributed by atoms with Crippen LogP contribution in [0.1, 0.15) is 36.9 Å². The number of anilines is 1. The highest BCUT2D eigenvalue weighted by Gasteiger charge is 2.29. The molecular weight excluding hydrogens is 459 g/mol. The number of carbonyl (C=O) groups is 2. The Hall–Kier alpha value is -3.86. The zero-order chi connectivity index (χ0) is 25.5. The zero-order valence-electron chi connectivity index (χ0n) is 19.3. The lowest BCUT2D eigenvalue weighted by Gasteiger charge is -2.32. The van der Waals surface area contributed by atoms with E-state index in [1.54, 1.807) is 36.1 Å². The van der Waals surface area contributed by atoms with Gasteiger partial charge in [0.15, 0.2) is 17.6 Å². The number of amidine groups is 1. The second-order valence-corrected chi connectivity index (χ2v) is 8.18. The number of ether oxygens (including phenoxy) is 2. The molecule has 0 bridgehead atoms. The van der Waals surface area contributed by atoms with Crippen LogP contribution >= 0.6 is 0 Å². The topological polar surface area (TPSA) is 158 Å². The van der Waals surface area contributed by atoms with Gasteiger partial charge in [-0.2, -0.15) is 0 Å². The number of likely N-dealkylation sites (tertiary alicyclic amines) is 1. The summed E-state index contributed by atoms with van der Waals surface area (Å²) in [6, 6.07) is 7.43. The van der Waals surface area contributed by atoms with Crippen LogP contribution in [0.5, 0.6) is 11.5 Å². The summed E-state index contributed by atoms with van der Waals surface area (Å²) in [5.41, 5.74) is 6.14. The quantitative estimate of drug-likeness (QED) is 0.237. The highest BCUT2D eigenvalue weighted by molar-refractivity contribution is 5.95. The molecule has 3 rings (SSSR count). The van der Waals surface area contributed by atoms with Gasteiger partial charge < -0.3 is 30.7 Å². The van der Waals surface area contributed by atoms with Crippen LogP contribution in [0, 0.1) is 11.2 Å². The summed E-state index contributed by atoms with van der Waals surface area (Å²) < 4.78 is 27.0. The standard InChI is InChI=1S/C24H29FN4O6/c1-2-34-17-10-18(22(24(32)33)28-15-7-5-14(6-8-15)23(26)27)21(25)19(11-17)35-16-4-3-9-29(12-16)13-20(30)31/h5-8,10-11,16,22,28H,2-4,9,12-13H2,1H3,(H3,26,27)(H,30,31)(H,32,33)/t16-,22?/m1/s1. The zero-order valence-corrected chi connectivity index (χ0v) is 19.3. The number of nitrogens with one attached hydrogen (secondary N) is 2. The Kier molecular flexibility index (Phi) is 8.48. The van der Waals surface area contributed by atoms with Crippen LogP contribution in [0.3, 0.4) is 0 Å². The molecule has 0 saturated carbocycles. The van der Waals surface area contributed by atoms with Crippen molar-refractivity contribution in [1.29, 1.82) is 5.41 Å². The second-order valence-electron chi connectivity index (χ2n) is 8.18. The SMILES string of the molecule is CCOc1cc(O[C@@H]2CCCN(CC(=O)O)C2)c(F)c(C(Nc2ccc(C(=N)N)cc2)C(=O)O)c1. The average Bonchev–Trinajstić information content (AvgIpc) is 2.80. The van der Waals surface area contributed by atoms with E-state index >= 15 is 4.39 Å². The van der Waals surface area contributed by atoms with Gasteiger partial charge in [0.1, 0.15) is 17.7 Å². The maximum Gasteiger partial charge on any atom is 0.330 e. The minimum Gasteiger partial charge on any atom is -0.494 e. The van der Waals surface area contributed by atoms with Crippen molar-refractivity contribution in [3.63, 3.8) is 0 Å². The molecule has 2 aromatic rings.